The first-order chi connectivity index (χ1) is 9.66. The summed E-state index contributed by atoms with van der Waals surface area (Å²) in [5.41, 5.74) is 1.85. The standard InChI is InChI=1S/C17H17NO2/c1-18(2)17(19)20-16(15-11-7-4-8-12-15)13-14-9-5-3-6-10-14/h3-13H,1-2H3/b16-13+. The van der Waals surface area contributed by atoms with Crippen LogP contribution in [0, 0.1) is 0 Å². The summed E-state index contributed by atoms with van der Waals surface area (Å²) in [7, 11) is 3.32. The Labute approximate surface area is 119 Å². The molecule has 2 aromatic rings. The van der Waals surface area contributed by atoms with E-state index >= 15 is 0 Å². The second-order valence-electron chi connectivity index (χ2n) is 4.55. The lowest BCUT2D eigenvalue weighted by Crippen LogP contribution is -2.22. The van der Waals surface area contributed by atoms with E-state index in [-0.39, 0.29) is 0 Å². The number of hydrogen-bond donors (Lipinski definition) is 0. The minimum atomic E-state index is -0.393. The summed E-state index contributed by atoms with van der Waals surface area (Å²) >= 11 is 0. The molecule has 0 fully saturated rings. The van der Waals surface area contributed by atoms with Crippen molar-refractivity contribution in [3.05, 3.63) is 71.8 Å². The van der Waals surface area contributed by atoms with Gasteiger partial charge in [-0.3, -0.25) is 0 Å². The van der Waals surface area contributed by atoms with Crippen LogP contribution in [0.3, 0.4) is 0 Å². The van der Waals surface area contributed by atoms with Crippen LogP contribution in [0.4, 0.5) is 4.79 Å². The molecule has 0 saturated carbocycles. The fraction of sp³-hybridized carbons (Fsp3) is 0.118. The van der Waals surface area contributed by atoms with Crippen molar-refractivity contribution in [3.63, 3.8) is 0 Å². The van der Waals surface area contributed by atoms with Crippen LogP contribution < -0.4 is 0 Å². The third kappa shape index (κ3) is 3.72. The van der Waals surface area contributed by atoms with Gasteiger partial charge in [-0.15, -0.1) is 0 Å². The van der Waals surface area contributed by atoms with Crippen LogP contribution in [0.1, 0.15) is 11.1 Å². The predicted molar refractivity (Wildman–Crippen MR) is 80.9 cm³/mol. The highest BCUT2D eigenvalue weighted by Crippen LogP contribution is 2.20. The monoisotopic (exact) mass is 267 g/mol. The van der Waals surface area contributed by atoms with E-state index in [2.05, 4.69) is 0 Å². The van der Waals surface area contributed by atoms with E-state index in [9.17, 15) is 4.79 Å². The van der Waals surface area contributed by atoms with Gasteiger partial charge in [0.2, 0.25) is 0 Å². The smallest absolute Gasteiger partial charge is 0.410 e. The van der Waals surface area contributed by atoms with Crippen molar-refractivity contribution in [2.75, 3.05) is 14.1 Å². The number of nitrogens with zero attached hydrogens (tertiary/aromatic N) is 1. The van der Waals surface area contributed by atoms with Crippen LogP contribution in [-0.4, -0.2) is 25.1 Å². The van der Waals surface area contributed by atoms with Crippen molar-refractivity contribution in [2.24, 2.45) is 0 Å². The lowest BCUT2D eigenvalue weighted by Gasteiger charge is -2.13. The Morgan fingerprint density at radius 2 is 1.50 bits per heavy atom. The fourth-order valence-electron chi connectivity index (χ4n) is 1.66. The molecule has 0 aliphatic rings. The normalized spacial score (nSPS) is 11.0. The minimum absolute atomic E-state index is 0.393. The van der Waals surface area contributed by atoms with Gasteiger partial charge >= 0.3 is 6.09 Å². The van der Waals surface area contributed by atoms with Crippen molar-refractivity contribution in [2.45, 2.75) is 0 Å². The zero-order valence-electron chi connectivity index (χ0n) is 11.6. The number of hydrogen-bond acceptors (Lipinski definition) is 2. The topological polar surface area (TPSA) is 29.5 Å². The summed E-state index contributed by atoms with van der Waals surface area (Å²) in [4.78, 5) is 13.2. The molecule has 0 spiro atoms. The van der Waals surface area contributed by atoms with E-state index in [1.807, 2.05) is 66.7 Å². The zero-order chi connectivity index (χ0) is 14.4. The summed E-state index contributed by atoms with van der Waals surface area (Å²) in [6.45, 7) is 0. The van der Waals surface area contributed by atoms with Gasteiger partial charge in [-0.2, -0.15) is 0 Å². The molecule has 3 nitrogen and oxygen atoms in total. The fourth-order valence-corrected chi connectivity index (χ4v) is 1.66. The lowest BCUT2D eigenvalue weighted by molar-refractivity contribution is 0.163. The van der Waals surface area contributed by atoms with E-state index < -0.39 is 6.09 Å². The average molecular weight is 267 g/mol. The molecule has 2 aromatic carbocycles. The maximum absolute atomic E-state index is 11.8. The second-order valence-corrected chi connectivity index (χ2v) is 4.55. The van der Waals surface area contributed by atoms with Gasteiger partial charge < -0.3 is 9.64 Å². The van der Waals surface area contributed by atoms with Crippen LogP contribution in [0.5, 0.6) is 0 Å². The molecule has 0 aliphatic carbocycles. The Morgan fingerprint density at radius 1 is 0.950 bits per heavy atom. The molecular weight excluding hydrogens is 250 g/mol. The summed E-state index contributed by atoms with van der Waals surface area (Å²) < 4.78 is 5.45. The van der Waals surface area contributed by atoms with Crippen molar-refractivity contribution in [1.82, 2.24) is 4.90 Å². The third-order valence-corrected chi connectivity index (χ3v) is 2.72. The maximum Gasteiger partial charge on any atom is 0.414 e. The highest BCUT2D eigenvalue weighted by Gasteiger charge is 2.11. The predicted octanol–water partition coefficient (Wildman–Crippen LogP) is 3.88. The molecule has 0 saturated heterocycles. The number of ether oxygens (including phenoxy) is 1. The van der Waals surface area contributed by atoms with Crippen LogP contribution >= 0.6 is 0 Å². The molecule has 0 radical (unpaired) electrons. The highest BCUT2D eigenvalue weighted by molar-refractivity contribution is 5.84. The van der Waals surface area contributed by atoms with Crippen molar-refractivity contribution < 1.29 is 9.53 Å². The van der Waals surface area contributed by atoms with Crippen LogP contribution in [-0.2, 0) is 4.74 Å². The average Bonchev–Trinajstić information content (AvgIpc) is 2.48. The Morgan fingerprint density at radius 3 is 2.05 bits per heavy atom. The molecule has 0 N–H and O–H groups in total. The first-order valence-electron chi connectivity index (χ1n) is 6.38. The maximum atomic E-state index is 11.8. The molecule has 1 amide bonds. The zero-order valence-corrected chi connectivity index (χ0v) is 11.6. The first-order valence-corrected chi connectivity index (χ1v) is 6.38. The molecule has 0 heterocycles. The third-order valence-electron chi connectivity index (χ3n) is 2.72. The van der Waals surface area contributed by atoms with Gasteiger partial charge in [0.1, 0.15) is 5.76 Å². The number of amides is 1. The molecule has 20 heavy (non-hydrogen) atoms. The van der Waals surface area contributed by atoms with Crippen molar-refractivity contribution in [1.29, 1.82) is 0 Å². The highest BCUT2D eigenvalue weighted by atomic mass is 16.6. The molecule has 0 unspecified atom stereocenters. The SMILES string of the molecule is CN(C)C(=O)O/C(=C/c1ccccc1)c1ccccc1. The number of benzene rings is 2. The Balaban J connectivity index is 2.35. The Kier molecular flexibility index (Phi) is 4.56. The number of carbonyl (C=O) groups excluding carboxylic acids is 1. The van der Waals surface area contributed by atoms with E-state index in [0.29, 0.717) is 5.76 Å². The minimum Gasteiger partial charge on any atom is -0.410 e. The summed E-state index contributed by atoms with van der Waals surface area (Å²) in [6, 6.07) is 19.4. The number of carbonyl (C=O) groups is 1. The van der Waals surface area contributed by atoms with Gasteiger partial charge in [0, 0.05) is 19.7 Å². The molecule has 0 aromatic heterocycles. The Hall–Kier alpha value is -2.55. The molecule has 102 valence electrons. The lowest BCUT2D eigenvalue weighted by atomic mass is 10.1. The van der Waals surface area contributed by atoms with Gasteiger partial charge in [-0.05, 0) is 11.6 Å². The van der Waals surface area contributed by atoms with Gasteiger partial charge in [-0.25, -0.2) is 4.79 Å². The van der Waals surface area contributed by atoms with E-state index in [1.54, 1.807) is 14.1 Å². The summed E-state index contributed by atoms with van der Waals surface area (Å²) in [6.07, 6.45) is 1.47. The van der Waals surface area contributed by atoms with Crippen LogP contribution in [0.15, 0.2) is 60.7 Å². The summed E-state index contributed by atoms with van der Waals surface area (Å²) in [5.74, 6) is 0.538. The van der Waals surface area contributed by atoms with Gasteiger partial charge in [-0.1, -0.05) is 60.7 Å². The molecule has 3 heteroatoms. The van der Waals surface area contributed by atoms with E-state index in [4.69, 9.17) is 4.74 Å². The second kappa shape index (κ2) is 6.57. The van der Waals surface area contributed by atoms with Gasteiger partial charge in [0.05, 0.1) is 0 Å². The largest absolute Gasteiger partial charge is 0.414 e. The van der Waals surface area contributed by atoms with Crippen molar-refractivity contribution in [3.8, 4) is 0 Å². The van der Waals surface area contributed by atoms with Gasteiger partial charge in [0.15, 0.2) is 0 Å². The quantitative estimate of drug-likeness (QED) is 0.624. The molecule has 2 rings (SSSR count). The summed E-state index contributed by atoms with van der Waals surface area (Å²) in [5, 5.41) is 0. The van der Waals surface area contributed by atoms with Crippen LogP contribution in [0.25, 0.3) is 11.8 Å². The Bertz CT molecular complexity index is 589. The van der Waals surface area contributed by atoms with E-state index in [1.165, 1.54) is 4.90 Å². The van der Waals surface area contributed by atoms with Gasteiger partial charge in [0.25, 0.3) is 0 Å². The van der Waals surface area contributed by atoms with Crippen LogP contribution in [0.2, 0.25) is 0 Å². The first kappa shape index (κ1) is 13.9. The van der Waals surface area contributed by atoms with E-state index in [0.717, 1.165) is 11.1 Å². The molecule has 0 atom stereocenters. The molecule has 0 bridgehead atoms. The molecular formula is C17H17NO2. The number of rotatable bonds is 3. The van der Waals surface area contributed by atoms with Crippen molar-refractivity contribution >= 4 is 17.9 Å². The molecule has 0 aliphatic heterocycles.